The number of halogens is 1. The second kappa shape index (κ2) is 11.8. The molecule has 5 nitrogen and oxygen atoms in total. The Bertz CT molecular complexity index is 914. The van der Waals surface area contributed by atoms with Gasteiger partial charge in [-0.3, -0.25) is 9.59 Å². The van der Waals surface area contributed by atoms with E-state index in [1.54, 1.807) is 0 Å². The summed E-state index contributed by atoms with van der Waals surface area (Å²) in [6, 6.07) is 14.8. The molecule has 6 heteroatoms. The van der Waals surface area contributed by atoms with E-state index >= 15 is 0 Å². The Kier molecular flexibility index (Phi) is 9.48. The first-order valence-corrected chi connectivity index (χ1v) is 11.0. The zero-order valence-electron chi connectivity index (χ0n) is 19.3. The molecule has 1 heterocycles. The van der Waals surface area contributed by atoms with Gasteiger partial charge in [0.25, 0.3) is 5.91 Å². The third kappa shape index (κ3) is 6.44. The van der Waals surface area contributed by atoms with Crippen LogP contribution in [-0.2, 0) is 11.2 Å². The lowest BCUT2D eigenvalue weighted by atomic mass is 10.00. The van der Waals surface area contributed by atoms with Crippen LogP contribution in [0.4, 0.5) is 5.69 Å². The number of hydrogen-bond acceptors (Lipinski definition) is 3. The van der Waals surface area contributed by atoms with Crippen LogP contribution in [0.5, 0.6) is 0 Å². The quantitative estimate of drug-likeness (QED) is 0.619. The molecule has 1 N–H and O–H groups in total. The molecule has 1 aliphatic rings. The lowest BCUT2D eigenvalue weighted by molar-refractivity contribution is -0.111. The molecule has 32 heavy (non-hydrogen) atoms. The number of aryl methyl sites for hydroxylation is 2. The molecule has 0 atom stereocenters. The monoisotopic (exact) mass is 455 g/mol. The molecule has 2 aromatic rings. The number of likely N-dealkylation sites (N-methyl/N-ethyl adjacent to an activating group) is 1. The van der Waals surface area contributed by atoms with Crippen LogP contribution >= 0.6 is 12.4 Å². The first-order chi connectivity index (χ1) is 14.9. The van der Waals surface area contributed by atoms with Crippen molar-refractivity contribution in [2.45, 2.75) is 39.2 Å². The van der Waals surface area contributed by atoms with Gasteiger partial charge < -0.3 is 15.1 Å². The van der Waals surface area contributed by atoms with Crippen molar-refractivity contribution in [2.75, 3.05) is 32.0 Å². The zero-order chi connectivity index (χ0) is 22.4. The number of amides is 2. The zero-order valence-corrected chi connectivity index (χ0v) is 20.1. The summed E-state index contributed by atoms with van der Waals surface area (Å²) in [6.07, 6.45) is 4.27. The van der Waals surface area contributed by atoms with Crippen LogP contribution in [0.25, 0.3) is 0 Å². The van der Waals surface area contributed by atoms with Gasteiger partial charge in [-0.15, -0.1) is 12.4 Å². The fourth-order valence-corrected chi connectivity index (χ4v) is 4.28. The van der Waals surface area contributed by atoms with E-state index in [4.69, 9.17) is 0 Å². The molecule has 1 saturated heterocycles. The lowest BCUT2D eigenvalue weighted by Crippen LogP contribution is -2.46. The summed E-state index contributed by atoms with van der Waals surface area (Å²) in [5.41, 5.74) is 4.56. The van der Waals surface area contributed by atoms with E-state index in [0.717, 1.165) is 55.7 Å². The summed E-state index contributed by atoms with van der Waals surface area (Å²) in [4.78, 5) is 29.1. The maximum atomic E-state index is 13.1. The predicted octanol–water partition coefficient (Wildman–Crippen LogP) is 4.63. The maximum Gasteiger partial charge on any atom is 0.253 e. The van der Waals surface area contributed by atoms with Crippen molar-refractivity contribution in [3.05, 3.63) is 77.4 Å². The summed E-state index contributed by atoms with van der Waals surface area (Å²) in [7, 11) is 2.19. The number of benzene rings is 2. The highest BCUT2D eigenvalue weighted by Crippen LogP contribution is 2.25. The molecule has 0 spiro atoms. The number of rotatable bonds is 7. The van der Waals surface area contributed by atoms with Crippen molar-refractivity contribution in [1.29, 1.82) is 0 Å². The Morgan fingerprint density at radius 2 is 1.72 bits per heavy atom. The molecule has 172 valence electrons. The third-order valence-electron chi connectivity index (χ3n) is 6.18. The lowest BCUT2D eigenvalue weighted by Gasteiger charge is -2.37. The number of hydrogen-bond donors (Lipinski definition) is 1. The number of carbonyl (C=O) groups excluding carboxylic acids is 2. The maximum absolute atomic E-state index is 13.1. The Morgan fingerprint density at radius 3 is 2.28 bits per heavy atom. The van der Waals surface area contributed by atoms with Crippen LogP contribution in [0.1, 0.15) is 39.9 Å². The minimum atomic E-state index is -0.247. The SMILES string of the molecule is C=CC(=O)Nc1c(C)cc(C(=O)N2CCC(N(C)CCc3ccccc3)CC2)cc1C.Cl. The van der Waals surface area contributed by atoms with Crippen molar-refractivity contribution in [1.82, 2.24) is 9.80 Å². The fraction of sp³-hybridized carbons (Fsp3) is 0.385. The smallest absolute Gasteiger partial charge is 0.253 e. The number of likely N-dealkylation sites (tertiary alicyclic amines) is 1. The molecule has 0 bridgehead atoms. The van der Waals surface area contributed by atoms with Crippen molar-refractivity contribution < 1.29 is 9.59 Å². The highest BCUT2D eigenvalue weighted by atomic mass is 35.5. The van der Waals surface area contributed by atoms with Crippen LogP contribution < -0.4 is 5.32 Å². The number of piperidine rings is 1. The highest BCUT2D eigenvalue weighted by molar-refractivity contribution is 6.01. The van der Waals surface area contributed by atoms with Crippen LogP contribution in [-0.4, -0.2) is 54.3 Å². The number of carbonyl (C=O) groups is 2. The summed E-state index contributed by atoms with van der Waals surface area (Å²) < 4.78 is 0. The molecule has 1 fully saturated rings. The van der Waals surface area contributed by atoms with Gasteiger partial charge in [-0.05, 0) is 75.1 Å². The van der Waals surface area contributed by atoms with Gasteiger partial charge in [0.05, 0.1) is 0 Å². The number of anilines is 1. The highest BCUT2D eigenvalue weighted by Gasteiger charge is 2.26. The topological polar surface area (TPSA) is 52.7 Å². The van der Waals surface area contributed by atoms with Crippen molar-refractivity contribution in [3.63, 3.8) is 0 Å². The number of nitrogens with zero attached hydrogens (tertiary/aromatic N) is 2. The van der Waals surface area contributed by atoms with E-state index < -0.39 is 0 Å². The van der Waals surface area contributed by atoms with E-state index in [0.29, 0.717) is 11.6 Å². The van der Waals surface area contributed by atoms with E-state index in [1.807, 2.05) is 36.9 Å². The number of nitrogens with one attached hydrogen (secondary N) is 1. The second-order valence-corrected chi connectivity index (χ2v) is 8.42. The van der Waals surface area contributed by atoms with Gasteiger partial charge in [-0.25, -0.2) is 0 Å². The second-order valence-electron chi connectivity index (χ2n) is 8.42. The summed E-state index contributed by atoms with van der Waals surface area (Å²) >= 11 is 0. The Morgan fingerprint density at radius 1 is 1.12 bits per heavy atom. The summed E-state index contributed by atoms with van der Waals surface area (Å²) in [5.74, 6) is -0.179. The van der Waals surface area contributed by atoms with Gasteiger partial charge >= 0.3 is 0 Å². The van der Waals surface area contributed by atoms with Gasteiger partial charge in [0.1, 0.15) is 0 Å². The van der Waals surface area contributed by atoms with E-state index in [2.05, 4.69) is 48.1 Å². The van der Waals surface area contributed by atoms with Crippen molar-refractivity contribution in [2.24, 2.45) is 0 Å². The molecule has 0 aliphatic carbocycles. The Hall–Kier alpha value is -2.63. The van der Waals surface area contributed by atoms with Gasteiger partial charge in [0.2, 0.25) is 5.91 Å². The predicted molar refractivity (Wildman–Crippen MR) is 134 cm³/mol. The fourth-order valence-electron chi connectivity index (χ4n) is 4.28. The van der Waals surface area contributed by atoms with Crippen molar-refractivity contribution in [3.8, 4) is 0 Å². The molecule has 2 amide bonds. The molecule has 0 radical (unpaired) electrons. The average Bonchev–Trinajstić information content (AvgIpc) is 2.79. The van der Waals surface area contributed by atoms with Crippen LogP contribution in [0, 0.1) is 13.8 Å². The third-order valence-corrected chi connectivity index (χ3v) is 6.18. The first kappa shape index (κ1) is 25.6. The summed E-state index contributed by atoms with van der Waals surface area (Å²) in [6.45, 7) is 9.89. The van der Waals surface area contributed by atoms with Crippen molar-refractivity contribution >= 4 is 29.9 Å². The van der Waals surface area contributed by atoms with E-state index in [1.165, 1.54) is 11.6 Å². The minimum Gasteiger partial charge on any atom is -0.339 e. The first-order valence-electron chi connectivity index (χ1n) is 11.0. The van der Waals surface area contributed by atoms with Crippen LogP contribution in [0.3, 0.4) is 0 Å². The van der Waals surface area contributed by atoms with Gasteiger partial charge in [-0.1, -0.05) is 36.9 Å². The average molecular weight is 456 g/mol. The largest absolute Gasteiger partial charge is 0.339 e. The molecule has 2 aromatic carbocycles. The molecule has 3 rings (SSSR count). The molecule has 0 aromatic heterocycles. The van der Waals surface area contributed by atoms with Gasteiger partial charge in [0, 0.05) is 36.9 Å². The molecular weight excluding hydrogens is 422 g/mol. The van der Waals surface area contributed by atoms with Gasteiger partial charge in [0.15, 0.2) is 0 Å². The molecular formula is C26H34ClN3O2. The Balaban J connectivity index is 0.00000363. The normalized spacial score (nSPS) is 14.1. The van der Waals surface area contributed by atoms with Crippen LogP contribution in [0.15, 0.2) is 55.1 Å². The van der Waals surface area contributed by atoms with Crippen LogP contribution in [0.2, 0.25) is 0 Å². The summed E-state index contributed by atoms with van der Waals surface area (Å²) in [5, 5.41) is 2.83. The molecule has 0 unspecified atom stereocenters. The Labute approximate surface area is 197 Å². The standard InChI is InChI=1S/C26H33N3O2.ClH/c1-5-24(30)27-25-19(2)17-22(18-20(25)3)26(31)29-15-12-23(13-16-29)28(4)14-11-21-9-7-6-8-10-21;/h5-10,17-18,23H,1,11-16H2,2-4H3,(H,27,30);1H. The van der Waals surface area contributed by atoms with Gasteiger partial charge in [-0.2, -0.15) is 0 Å². The molecule has 0 saturated carbocycles. The van der Waals surface area contributed by atoms with E-state index in [9.17, 15) is 9.59 Å². The minimum absolute atomic E-state index is 0. The van der Waals surface area contributed by atoms with E-state index in [-0.39, 0.29) is 24.2 Å². The molecule has 1 aliphatic heterocycles.